The van der Waals surface area contributed by atoms with Crippen LogP contribution in [0.5, 0.6) is 23.0 Å². The summed E-state index contributed by atoms with van der Waals surface area (Å²) in [6, 6.07) is 18.2. The van der Waals surface area contributed by atoms with Crippen molar-refractivity contribution < 1.29 is 24.1 Å². The van der Waals surface area contributed by atoms with Gasteiger partial charge < -0.3 is 29.4 Å². The van der Waals surface area contributed by atoms with E-state index in [1.165, 1.54) is 16.7 Å². The van der Waals surface area contributed by atoms with E-state index < -0.39 is 0 Å². The summed E-state index contributed by atoms with van der Waals surface area (Å²) in [5.41, 5.74) is 4.69. The van der Waals surface area contributed by atoms with Crippen LogP contribution in [-0.4, -0.2) is 46.2 Å². The number of aliphatic hydroxyl groups is 1. The average molecular weight is 496 g/mol. The van der Waals surface area contributed by atoms with Gasteiger partial charge in [-0.15, -0.1) is 11.8 Å². The van der Waals surface area contributed by atoms with Crippen molar-refractivity contribution in [2.75, 3.05) is 35.0 Å². The van der Waals surface area contributed by atoms with Crippen molar-refractivity contribution in [3.63, 3.8) is 0 Å². The zero-order valence-electron chi connectivity index (χ0n) is 20.7. The number of hydrogen-bond acceptors (Lipinski definition) is 7. The molecule has 3 aromatic rings. The molecule has 6 nitrogen and oxygen atoms in total. The first-order chi connectivity index (χ1) is 17.1. The van der Waals surface area contributed by atoms with Gasteiger partial charge >= 0.3 is 0 Å². The molecule has 35 heavy (non-hydrogen) atoms. The number of ether oxygens (including phenoxy) is 4. The van der Waals surface area contributed by atoms with Gasteiger partial charge in [0.1, 0.15) is 23.0 Å². The Bertz CT molecular complexity index is 1120. The fourth-order valence-corrected chi connectivity index (χ4v) is 5.73. The summed E-state index contributed by atoms with van der Waals surface area (Å²) in [5.74, 6) is 4.06. The summed E-state index contributed by atoms with van der Waals surface area (Å²) >= 11 is 1.75. The van der Waals surface area contributed by atoms with Gasteiger partial charge in [0.15, 0.2) is 0 Å². The van der Waals surface area contributed by atoms with Gasteiger partial charge in [0.25, 0.3) is 0 Å². The van der Waals surface area contributed by atoms with Gasteiger partial charge in [0, 0.05) is 29.5 Å². The Morgan fingerprint density at radius 1 is 0.829 bits per heavy atom. The molecule has 0 fully saturated rings. The molecule has 0 aliphatic carbocycles. The molecule has 2 N–H and O–H groups in total. The predicted molar refractivity (Wildman–Crippen MR) is 139 cm³/mol. The summed E-state index contributed by atoms with van der Waals surface area (Å²) in [5, 5.41) is 13.7. The summed E-state index contributed by atoms with van der Waals surface area (Å²) in [6.07, 6.45) is 1.46. The third kappa shape index (κ3) is 5.69. The van der Waals surface area contributed by atoms with Crippen molar-refractivity contribution in [3.8, 4) is 23.0 Å². The van der Waals surface area contributed by atoms with Gasteiger partial charge in [-0.2, -0.15) is 0 Å². The van der Waals surface area contributed by atoms with E-state index in [9.17, 15) is 5.11 Å². The van der Waals surface area contributed by atoms with Gasteiger partial charge in [-0.3, -0.25) is 0 Å². The molecule has 1 aliphatic heterocycles. The standard InChI is InChI=1S/C28H33NO5S/c1-31-21-9-5-18(6-10-21)13-24-27-23(14-20(16-30)29-24)28(26(34-4)15-25(27)33-3)35-17-19-7-11-22(32-2)12-8-19/h5-12,15,20,24,29-30H,13-14,16-17H2,1-4H3/t20-,24-/m1/s1. The summed E-state index contributed by atoms with van der Waals surface area (Å²) in [6.45, 7) is 0.0562. The van der Waals surface area contributed by atoms with Crippen LogP contribution < -0.4 is 24.3 Å². The molecule has 186 valence electrons. The van der Waals surface area contributed by atoms with Crippen molar-refractivity contribution in [2.45, 2.75) is 35.6 Å². The molecular weight excluding hydrogens is 462 g/mol. The maximum Gasteiger partial charge on any atom is 0.136 e. The number of thioether (sulfide) groups is 1. The first-order valence-corrected chi connectivity index (χ1v) is 12.6. The van der Waals surface area contributed by atoms with Crippen LogP contribution >= 0.6 is 11.8 Å². The normalized spacial score (nSPS) is 16.9. The topological polar surface area (TPSA) is 69.2 Å². The third-order valence-corrected chi connectivity index (χ3v) is 7.60. The Labute approximate surface area is 211 Å². The number of nitrogens with one attached hydrogen (secondary N) is 1. The molecule has 3 aromatic carbocycles. The molecule has 0 unspecified atom stereocenters. The molecule has 0 saturated carbocycles. The Kier molecular flexibility index (Phi) is 8.44. The Morgan fingerprint density at radius 3 is 1.97 bits per heavy atom. The zero-order chi connectivity index (χ0) is 24.8. The molecule has 2 atom stereocenters. The maximum absolute atomic E-state index is 10.1. The van der Waals surface area contributed by atoms with E-state index in [1.54, 1.807) is 40.2 Å². The van der Waals surface area contributed by atoms with Crippen LogP contribution in [-0.2, 0) is 18.6 Å². The number of benzene rings is 3. The molecule has 4 rings (SSSR count). The molecule has 0 bridgehead atoms. The quantitative estimate of drug-likeness (QED) is 0.392. The van der Waals surface area contributed by atoms with Gasteiger partial charge in [0.05, 0.1) is 39.9 Å². The number of methoxy groups -OCH3 is 4. The van der Waals surface area contributed by atoms with E-state index in [2.05, 4.69) is 29.6 Å². The summed E-state index contributed by atoms with van der Waals surface area (Å²) in [4.78, 5) is 1.10. The number of rotatable bonds is 10. The number of fused-ring (bicyclic) bond motifs is 1. The van der Waals surface area contributed by atoms with E-state index in [1.807, 2.05) is 30.3 Å². The molecule has 1 heterocycles. The van der Waals surface area contributed by atoms with E-state index in [4.69, 9.17) is 18.9 Å². The Morgan fingerprint density at radius 2 is 1.43 bits per heavy atom. The molecular formula is C28H33NO5S. The van der Waals surface area contributed by atoms with Gasteiger partial charge in [0.2, 0.25) is 0 Å². The lowest BCUT2D eigenvalue weighted by Crippen LogP contribution is -2.43. The second-order valence-electron chi connectivity index (χ2n) is 8.49. The highest BCUT2D eigenvalue weighted by molar-refractivity contribution is 7.98. The maximum atomic E-state index is 10.1. The van der Waals surface area contributed by atoms with Crippen LogP contribution in [0.2, 0.25) is 0 Å². The van der Waals surface area contributed by atoms with Gasteiger partial charge in [-0.1, -0.05) is 24.3 Å². The van der Waals surface area contributed by atoms with Crippen molar-refractivity contribution in [1.82, 2.24) is 5.32 Å². The minimum Gasteiger partial charge on any atom is -0.497 e. The van der Waals surface area contributed by atoms with Crippen molar-refractivity contribution in [1.29, 1.82) is 0 Å². The summed E-state index contributed by atoms with van der Waals surface area (Å²) in [7, 11) is 6.73. The van der Waals surface area contributed by atoms with Crippen LogP contribution in [0.15, 0.2) is 59.5 Å². The fraction of sp³-hybridized carbons (Fsp3) is 0.357. The first-order valence-electron chi connectivity index (χ1n) is 11.6. The monoisotopic (exact) mass is 495 g/mol. The second-order valence-corrected chi connectivity index (χ2v) is 9.48. The van der Waals surface area contributed by atoms with Gasteiger partial charge in [-0.25, -0.2) is 0 Å². The lowest BCUT2D eigenvalue weighted by Gasteiger charge is -2.35. The molecule has 0 aromatic heterocycles. The first kappa shape index (κ1) is 25.2. The van der Waals surface area contributed by atoms with Crippen LogP contribution in [0, 0.1) is 0 Å². The van der Waals surface area contributed by atoms with Crippen LogP contribution in [0.4, 0.5) is 0 Å². The highest BCUT2D eigenvalue weighted by atomic mass is 32.2. The average Bonchev–Trinajstić information content (AvgIpc) is 2.91. The zero-order valence-corrected chi connectivity index (χ0v) is 21.5. The highest BCUT2D eigenvalue weighted by Crippen LogP contribution is 2.46. The minimum absolute atomic E-state index is 0.00881. The van der Waals surface area contributed by atoms with Crippen LogP contribution in [0.25, 0.3) is 0 Å². The van der Waals surface area contributed by atoms with Crippen molar-refractivity contribution in [3.05, 3.63) is 76.9 Å². The van der Waals surface area contributed by atoms with E-state index in [-0.39, 0.29) is 18.7 Å². The SMILES string of the molecule is COc1ccc(CSc2c(OC)cc(OC)c3c2C[C@H](CO)N[C@@H]3Cc2ccc(OC)cc2)cc1. The molecule has 0 spiro atoms. The molecule has 0 radical (unpaired) electrons. The van der Waals surface area contributed by atoms with Crippen molar-refractivity contribution >= 4 is 11.8 Å². The van der Waals surface area contributed by atoms with E-state index >= 15 is 0 Å². The molecule has 0 amide bonds. The lowest BCUT2D eigenvalue weighted by molar-refractivity contribution is 0.219. The summed E-state index contributed by atoms with van der Waals surface area (Å²) < 4.78 is 22.3. The van der Waals surface area contributed by atoms with E-state index in [0.29, 0.717) is 6.42 Å². The molecule has 0 saturated heterocycles. The smallest absolute Gasteiger partial charge is 0.136 e. The largest absolute Gasteiger partial charge is 0.497 e. The predicted octanol–water partition coefficient (Wildman–Crippen LogP) is 4.80. The van der Waals surface area contributed by atoms with Crippen LogP contribution in [0.1, 0.15) is 28.3 Å². The number of hydrogen-bond donors (Lipinski definition) is 2. The highest BCUT2D eigenvalue weighted by Gasteiger charge is 2.33. The second kappa shape index (κ2) is 11.7. The van der Waals surface area contributed by atoms with Crippen molar-refractivity contribution in [2.24, 2.45) is 0 Å². The Balaban J connectivity index is 1.70. The molecule has 1 aliphatic rings. The van der Waals surface area contributed by atoms with E-state index in [0.717, 1.165) is 45.6 Å². The third-order valence-electron chi connectivity index (χ3n) is 6.39. The van der Waals surface area contributed by atoms with Gasteiger partial charge in [-0.05, 0) is 53.8 Å². The fourth-order valence-electron chi connectivity index (χ4n) is 4.57. The Hall–Kier alpha value is -2.87. The van der Waals surface area contributed by atoms with Crippen LogP contribution in [0.3, 0.4) is 0 Å². The minimum atomic E-state index is -0.0529. The lowest BCUT2D eigenvalue weighted by atomic mass is 9.86. The number of aliphatic hydroxyl groups excluding tert-OH is 1. The molecule has 7 heteroatoms.